The molecule has 0 aliphatic rings. The van der Waals surface area contributed by atoms with Crippen molar-refractivity contribution in [3.05, 3.63) is 35.6 Å². The Bertz CT molecular complexity index is 379. The second-order valence-corrected chi connectivity index (χ2v) is 3.94. The van der Waals surface area contributed by atoms with Crippen LogP contribution in [0.2, 0.25) is 0 Å². The fourth-order valence-electron chi connectivity index (χ4n) is 1.53. The van der Waals surface area contributed by atoms with Gasteiger partial charge < -0.3 is 10.6 Å². The van der Waals surface area contributed by atoms with Gasteiger partial charge in [0.2, 0.25) is 5.91 Å². The second-order valence-electron chi connectivity index (χ2n) is 3.94. The van der Waals surface area contributed by atoms with Gasteiger partial charge in [-0.25, -0.2) is 4.39 Å². The first-order valence-electron chi connectivity index (χ1n) is 5.21. The first kappa shape index (κ1) is 12.6. The van der Waals surface area contributed by atoms with Crippen LogP contribution < -0.4 is 5.73 Å². The average Bonchev–Trinajstić information content (AvgIpc) is 2.26. The fourth-order valence-corrected chi connectivity index (χ4v) is 1.53. The molecule has 0 bridgehead atoms. The largest absolute Gasteiger partial charge is 0.338 e. The molecule has 3 nitrogen and oxygen atoms in total. The van der Waals surface area contributed by atoms with Crippen molar-refractivity contribution in [2.75, 3.05) is 7.05 Å². The summed E-state index contributed by atoms with van der Waals surface area (Å²) in [6.07, 6.45) is 0. The van der Waals surface area contributed by atoms with Gasteiger partial charge in [0.15, 0.2) is 0 Å². The third-order valence-corrected chi connectivity index (χ3v) is 2.67. The standard InChI is InChI=1S/C12H17FN2O/c1-8(14)12(16)15(3)9(2)10-6-4-5-7-11(10)13/h4-9H,14H2,1-3H3/t8-,9?/m0/s1. The molecule has 1 aromatic rings. The van der Waals surface area contributed by atoms with E-state index in [1.165, 1.54) is 11.0 Å². The highest BCUT2D eigenvalue weighted by Gasteiger charge is 2.21. The molecule has 1 rings (SSSR count). The van der Waals surface area contributed by atoms with Gasteiger partial charge in [0.25, 0.3) is 0 Å². The van der Waals surface area contributed by atoms with Gasteiger partial charge in [-0.15, -0.1) is 0 Å². The van der Waals surface area contributed by atoms with E-state index in [0.717, 1.165) is 0 Å². The lowest BCUT2D eigenvalue weighted by Gasteiger charge is -2.27. The number of nitrogens with two attached hydrogens (primary N) is 1. The summed E-state index contributed by atoms with van der Waals surface area (Å²) < 4.78 is 13.5. The number of halogens is 1. The maximum Gasteiger partial charge on any atom is 0.239 e. The zero-order chi connectivity index (χ0) is 12.3. The Morgan fingerprint density at radius 1 is 1.38 bits per heavy atom. The molecule has 0 heterocycles. The first-order valence-corrected chi connectivity index (χ1v) is 5.21. The molecule has 1 amide bonds. The Morgan fingerprint density at radius 3 is 2.44 bits per heavy atom. The van der Waals surface area contributed by atoms with E-state index in [9.17, 15) is 9.18 Å². The summed E-state index contributed by atoms with van der Waals surface area (Å²) in [4.78, 5) is 13.1. The molecule has 4 heteroatoms. The summed E-state index contributed by atoms with van der Waals surface area (Å²) >= 11 is 0. The van der Waals surface area contributed by atoms with Gasteiger partial charge in [-0.1, -0.05) is 18.2 Å². The van der Waals surface area contributed by atoms with E-state index in [-0.39, 0.29) is 17.8 Å². The molecule has 2 N–H and O–H groups in total. The van der Waals surface area contributed by atoms with Crippen LogP contribution >= 0.6 is 0 Å². The smallest absolute Gasteiger partial charge is 0.239 e. The van der Waals surface area contributed by atoms with Crippen molar-refractivity contribution < 1.29 is 9.18 Å². The number of carbonyl (C=O) groups is 1. The van der Waals surface area contributed by atoms with E-state index in [2.05, 4.69) is 0 Å². The van der Waals surface area contributed by atoms with E-state index < -0.39 is 6.04 Å². The minimum atomic E-state index is -0.570. The minimum absolute atomic E-state index is 0.198. The highest BCUT2D eigenvalue weighted by Crippen LogP contribution is 2.21. The predicted molar refractivity (Wildman–Crippen MR) is 61.2 cm³/mol. The van der Waals surface area contributed by atoms with Crippen molar-refractivity contribution in [1.82, 2.24) is 4.90 Å². The number of hydrogen-bond donors (Lipinski definition) is 1. The molecule has 0 aliphatic heterocycles. The lowest BCUT2D eigenvalue weighted by molar-refractivity contribution is -0.132. The Morgan fingerprint density at radius 2 is 1.94 bits per heavy atom. The van der Waals surface area contributed by atoms with Crippen LogP contribution in [0, 0.1) is 5.82 Å². The van der Waals surface area contributed by atoms with E-state index in [4.69, 9.17) is 5.73 Å². The van der Waals surface area contributed by atoms with Crippen molar-refractivity contribution in [3.8, 4) is 0 Å². The van der Waals surface area contributed by atoms with Crippen LogP contribution in [0.1, 0.15) is 25.5 Å². The van der Waals surface area contributed by atoms with Gasteiger partial charge in [-0.05, 0) is 19.9 Å². The highest BCUT2D eigenvalue weighted by molar-refractivity contribution is 5.81. The SMILES string of the molecule is CC(c1ccccc1F)N(C)C(=O)[C@H](C)N. The van der Waals surface area contributed by atoms with E-state index in [1.54, 1.807) is 39.1 Å². The average molecular weight is 224 g/mol. The summed E-state index contributed by atoms with van der Waals surface area (Å²) in [5.41, 5.74) is 6.00. The number of nitrogens with zero attached hydrogens (tertiary/aromatic N) is 1. The number of benzene rings is 1. The van der Waals surface area contributed by atoms with Gasteiger partial charge in [-0.2, -0.15) is 0 Å². The Labute approximate surface area is 95.0 Å². The Kier molecular flexibility index (Phi) is 4.01. The van der Waals surface area contributed by atoms with Crippen LogP contribution in [0.5, 0.6) is 0 Å². The molecule has 0 aliphatic carbocycles. The van der Waals surface area contributed by atoms with Crippen LogP contribution in [0.15, 0.2) is 24.3 Å². The monoisotopic (exact) mass is 224 g/mol. The maximum atomic E-state index is 13.5. The second kappa shape index (κ2) is 5.07. The number of likely N-dealkylation sites (N-methyl/N-ethyl adjacent to an activating group) is 1. The summed E-state index contributed by atoms with van der Waals surface area (Å²) in [6, 6.07) is 5.54. The number of hydrogen-bond acceptors (Lipinski definition) is 2. The van der Waals surface area contributed by atoms with Crippen molar-refractivity contribution in [2.45, 2.75) is 25.9 Å². The molecule has 2 atom stereocenters. The summed E-state index contributed by atoms with van der Waals surface area (Å²) in [5, 5.41) is 0. The predicted octanol–water partition coefficient (Wildman–Crippen LogP) is 1.69. The van der Waals surface area contributed by atoms with E-state index in [0.29, 0.717) is 5.56 Å². The molecule has 1 aromatic carbocycles. The summed E-state index contributed by atoms with van der Waals surface area (Å²) in [5.74, 6) is -0.505. The van der Waals surface area contributed by atoms with Gasteiger partial charge in [0, 0.05) is 12.6 Å². The van der Waals surface area contributed by atoms with E-state index >= 15 is 0 Å². The first-order chi connectivity index (χ1) is 7.45. The quantitative estimate of drug-likeness (QED) is 0.849. The van der Waals surface area contributed by atoms with Crippen molar-refractivity contribution in [3.63, 3.8) is 0 Å². The molecule has 0 saturated carbocycles. The molecule has 0 aromatic heterocycles. The Balaban J connectivity index is 2.90. The molecule has 1 unspecified atom stereocenters. The normalized spacial score (nSPS) is 14.3. The van der Waals surface area contributed by atoms with Crippen LogP contribution in [-0.4, -0.2) is 23.9 Å². The minimum Gasteiger partial charge on any atom is -0.338 e. The molecule has 0 fully saturated rings. The molecule has 0 spiro atoms. The molecule has 0 saturated heterocycles. The van der Waals surface area contributed by atoms with E-state index in [1.807, 2.05) is 0 Å². The zero-order valence-electron chi connectivity index (χ0n) is 9.77. The van der Waals surface area contributed by atoms with Gasteiger partial charge in [0.05, 0.1) is 12.1 Å². The summed E-state index contributed by atoms with van der Waals surface area (Å²) in [6.45, 7) is 3.39. The number of carbonyl (C=O) groups excluding carboxylic acids is 1. The molecule has 16 heavy (non-hydrogen) atoms. The molecule has 0 radical (unpaired) electrons. The lowest BCUT2D eigenvalue weighted by atomic mass is 10.1. The zero-order valence-corrected chi connectivity index (χ0v) is 9.77. The van der Waals surface area contributed by atoms with Gasteiger partial charge in [-0.3, -0.25) is 4.79 Å². The Hall–Kier alpha value is -1.42. The van der Waals surface area contributed by atoms with Gasteiger partial charge >= 0.3 is 0 Å². The summed E-state index contributed by atoms with van der Waals surface area (Å²) in [7, 11) is 1.63. The molecular formula is C12H17FN2O. The lowest BCUT2D eigenvalue weighted by Crippen LogP contribution is -2.41. The van der Waals surface area contributed by atoms with Crippen LogP contribution in [-0.2, 0) is 4.79 Å². The van der Waals surface area contributed by atoms with Crippen molar-refractivity contribution in [2.24, 2.45) is 5.73 Å². The molecular weight excluding hydrogens is 207 g/mol. The molecule has 88 valence electrons. The topological polar surface area (TPSA) is 46.3 Å². The van der Waals surface area contributed by atoms with Gasteiger partial charge in [0.1, 0.15) is 5.82 Å². The highest BCUT2D eigenvalue weighted by atomic mass is 19.1. The fraction of sp³-hybridized carbons (Fsp3) is 0.417. The van der Waals surface area contributed by atoms with Crippen LogP contribution in [0.25, 0.3) is 0 Å². The van der Waals surface area contributed by atoms with Crippen molar-refractivity contribution >= 4 is 5.91 Å². The van der Waals surface area contributed by atoms with Crippen molar-refractivity contribution in [1.29, 1.82) is 0 Å². The number of rotatable bonds is 3. The third-order valence-electron chi connectivity index (χ3n) is 2.67. The van der Waals surface area contributed by atoms with Crippen LogP contribution in [0.3, 0.4) is 0 Å². The third kappa shape index (κ3) is 2.58. The van der Waals surface area contributed by atoms with Crippen LogP contribution in [0.4, 0.5) is 4.39 Å². The number of amides is 1. The maximum absolute atomic E-state index is 13.5.